The molecule has 0 saturated heterocycles. The predicted octanol–water partition coefficient (Wildman–Crippen LogP) is 3.29. The lowest BCUT2D eigenvalue weighted by atomic mass is 10.4. The van der Waals surface area contributed by atoms with Crippen molar-refractivity contribution in [1.29, 1.82) is 0 Å². The van der Waals surface area contributed by atoms with Crippen LogP contribution in [0.15, 0.2) is 33.8 Å². The van der Waals surface area contributed by atoms with Crippen LogP contribution in [0.2, 0.25) is 0 Å². The van der Waals surface area contributed by atoms with Gasteiger partial charge >= 0.3 is 0 Å². The smallest absolute Gasteiger partial charge is 0.176 e. The molecular weight excluding hydrogens is 180 g/mol. The summed E-state index contributed by atoms with van der Waals surface area (Å²) < 4.78 is 5.10. The van der Waals surface area contributed by atoms with E-state index in [0.717, 1.165) is 16.4 Å². The Bertz CT molecular complexity index is 325. The third kappa shape index (κ3) is 3.43. The summed E-state index contributed by atoms with van der Waals surface area (Å²) in [6.45, 7) is 4.11. The summed E-state index contributed by atoms with van der Waals surface area (Å²) in [5.74, 6) is 7.77. The molecular formula is C11H12OS. The zero-order chi connectivity index (χ0) is 9.52. The van der Waals surface area contributed by atoms with Gasteiger partial charge in [-0.25, -0.2) is 0 Å². The van der Waals surface area contributed by atoms with E-state index < -0.39 is 0 Å². The highest BCUT2D eigenvalue weighted by Crippen LogP contribution is 2.13. The van der Waals surface area contributed by atoms with Gasteiger partial charge in [0.15, 0.2) is 5.76 Å². The first-order valence-electron chi connectivity index (χ1n) is 4.21. The Morgan fingerprint density at radius 1 is 1.69 bits per heavy atom. The molecule has 0 aliphatic heterocycles. The van der Waals surface area contributed by atoms with Crippen molar-refractivity contribution < 1.29 is 4.42 Å². The Balaban J connectivity index is 2.65. The molecule has 0 atom stereocenters. The average molecular weight is 192 g/mol. The van der Waals surface area contributed by atoms with Crippen molar-refractivity contribution in [1.82, 2.24) is 0 Å². The van der Waals surface area contributed by atoms with Crippen LogP contribution >= 0.6 is 11.8 Å². The molecule has 0 aromatic carbocycles. The molecule has 1 aromatic rings. The third-order valence-electron chi connectivity index (χ3n) is 1.39. The molecule has 0 amide bonds. The molecule has 68 valence electrons. The van der Waals surface area contributed by atoms with Crippen molar-refractivity contribution in [3.63, 3.8) is 0 Å². The summed E-state index contributed by atoms with van der Waals surface area (Å²) in [5.41, 5.74) is 0. The Kier molecular flexibility index (Phi) is 4.28. The topological polar surface area (TPSA) is 13.1 Å². The van der Waals surface area contributed by atoms with Crippen molar-refractivity contribution in [2.45, 2.75) is 13.8 Å². The summed E-state index contributed by atoms with van der Waals surface area (Å²) >= 11 is 1.74. The van der Waals surface area contributed by atoms with Gasteiger partial charge in [0.25, 0.3) is 0 Å². The Hall–Kier alpha value is -1.07. The van der Waals surface area contributed by atoms with Gasteiger partial charge in [-0.15, -0.1) is 11.8 Å². The van der Waals surface area contributed by atoms with Gasteiger partial charge < -0.3 is 4.42 Å². The Labute approximate surface area is 83.2 Å². The van der Waals surface area contributed by atoms with Crippen molar-refractivity contribution >= 4 is 11.8 Å². The molecule has 13 heavy (non-hydrogen) atoms. The summed E-state index contributed by atoms with van der Waals surface area (Å²) in [4.78, 5) is 1.10. The third-order valence-corrected chi connectivity index (χ3v) is 2.33. The van der Waals surface area contributed by atoms with Crippen LogP contribution in [0, 0.1) is 11.8 Å². The molecule has 0 unspecified atom stereocenters. The standard InChI is InChI=1S/C11H12OS/c1-3-11(13-4-2)8-7-10-6-5-9-12-10/h3,5-6,9H,4H2,1-2H3/b11-3-. The zero-order valence-electron chi connectivity index (χ0n) is 7.83. The Morgan fingerprint density at radius 3 is 3.08 bits per heavy atom. The van der Waals surface area contributed by atoms with E-state index in [1.54, 1.807) is 18.0 Å². The highest BCUT2D eigenvalue weighted by atomic mass is 32.2. The SMILES string of the molecule is C/C=C(/C#Cc1ccco1)SCC. The van der Waals surface area contributed by atoms with Gasteiger partial charge in [0.2, 0.25) is 0 Å². The molecule has 1 aromatic heterocycles. The first-order chi connectivity index (χ1) is 6.36. The molecule has 0 fully saturated rings. The lowest BCUT2D eigenvalue weighted by molar-refractivity contribution is 0.554. The fourth-order valence-electron chi connectivity index (χ4n) is 0.820. The predicted molar refractivity (Wildman–Crippen MR) is 57.5 cm³/mol. The molecule has 1 nitrogen and oxygen atoms in total. The molecule has 0 bridgehead atoms. The van der Waals surface area contributed by atoms with Crippen LogP contribution in [-0.2, 0) is 0 Å². The second kappa shape index (κ2) is 5.55. The van der Waals surface area contributed by atoms with Crippen LogP contribution in [0.25, 0.3) is 0 Å². The van der Waals surface area contributed by atoms with E-state index in [-0.39, 0.29) is 0 Å². The summed E-state index contributed by atoms with van der Waals surface area (Å²) in [5, 5.41) is 0. The fraction of sp³-hybridized carbons (Fsp3) is 0.273. The molecule has 0 N–H and O–H groups in total. The summed E-state index contributed by atoms with van der Waals surface area (Å²) in [6.07, 6.45) is 3.65. The maximum Gasteiger partial charge on any atom is 0.176 e. The highest BCUT2D eigenvalue weighted by Gasteiger charge is 1.90. The van der Waals surface area contributed by atoms with Crippen LogP contribution in [0.3, 0.4) is 0 Å². The lowest BCUT2D eigenvalue weighted by Gasteiger charge is -1.91. The van der Waals surface area contributed by atoms with Crippen molar-refractivity contribution in [2.75, 3.05) is 5.75 Å². The first kappa shape index (κ1) is 10.0. The van der Waals surface area contributed by atoms with Gasteiger partial charge in [0, 0.05) is 0 Å². The van der Waals surface area contributed by atoms with E-state index >= 15 is 0 Å². The van der Waals surface area contributed by atoms with Crippen LogP contribution in [-0.4, -0.2) is 5.75 Å². The summed E-state index contributed by atoms with van der Waals surface area (Å²) in [6, 6.07) is 3.70. The number of hydrogen-bond donors (Lipinski definition) is 0. The largest absolute Gasteiger partial charge is 0.456 e. The second-order valence-electron chi connectivity index (χ2n) is 2.31. The van der Waals surface area contributed by atoms with Gasteiger partial charge in [-0.1, -0.05) is 18.9 Å². The first-order valence-corrected chi connectivity index (χ1v) is 5.20. The average Bonchev–Trinajstić information content (AvgIpc) is 2.64. The monoisotopic (exact) mass is 192 g/mol. The number of thioether (sulfide) groups is 1. The van der Waals surface area contributed by atoms with Crippen molar-refractivity contribution in [3.8, 4) is 11.8 Å². The quantitative estimate of drug-likeness (QED) is 0.667. The van der Waals surface area contributed by atoms with E-state index in [1.807, 2.05) is 25.1 Å². The lowest BCUT2D eigenvalue weighted by Crippen LogP contribution is -1.72. The number of furan rings is 1. The molecule has 1 rings (SSSR count). The van der Waals surface area contributed by atoms with Gasteiger partial charge in [-0.2, -0.15) is 0 Å². The number of hydrogen-bond acceptors (Lipinski definition) is 2. The molecule has 0 saturated carbocycles. The molecule has 0 radical (unpaired) electrons. The molecule has 0 aliphatic carbocycles. The van der Waals surface area contributed by atoms with Crippen LogP contribution < -0.4 is 0 Å². The van der Waals surface area contributed by atoms with E-state index in [0.29, 0.717) is 0 Å². The van der Waals surface area contributed by atoms with Gasteiger partial charge in [-0.3, -0.25) is 0 Å². The van der Waals surface area contributed by atoms with E-state index in [4.69, 9.17) is 4.42 Å². The minimum atomic E-state index is 0.719. The number of rotatable bonds is 2. The molecule has 0 spiro atoms. The molecule has 2 heteroatoms. The molecule has 1 heterocycles. The van der Waals surface area contributed by atoms with E-state index in [9.17, 15) is 0 Å². The van der Waals surface area contributed by atoms with Crippen LogP contribution in [0.4, 0.5) is 0 Å². The van der Waals surface area contributed by atoms with Crippen molar-refractivity contribution in [2.24, 2.45) is 0 Å². The maximum atomic E-state index is 5.10. The normalized spacial score (nSPS) is 10.8. The second-order valence-corrected chi connectivity index (χ2v) is 3.62. The Morgan fingerprint density at radius 2 is 2.54 bits per heavy atom. The minimum Gasteiger partial charge on any atom is -0.456 e. The number of allylic oxidation sites excluding steroid dienone is 2. The van der Waals surface area contributed by atoms with Crippen LogP contribution in [0.1, 0.15) is 19.6 Å². The van der Waals surface area contributed by atoms with Gasteiger partial charge in [0.1, 0.15) is 0 Å². The van der Waals surface area contributed by atoms with E-state index in [1.165, 1.54) is 0 Å². The van der Waals surface area contributed by atoms with Crippen molar-refractivity contribution in [3.05, 3.63) is 35.1 Å². The minimum absolute atomic E-state index is 0.719. The fourth-order valence-corrected chi connectivity index (χ4v) is 1.42. The summed E-state index contributed by atoms with van der Waals surface area (Å²) in [7, 11) is 0. The maximum absolute atomic E-state index is 5.10. The van der Waals surface area contributed by atoms with E-state index in [2.05, 4.69) is 18.8 Å². The molecule has 0 aliphatic rings. The zero-order valence-corrected chi connectivity index (χ0v) is 8.65. The van der Waals surface area contributed by atoms with Gasteiger partial charge in [0.05, 0.1) is 11.2 Å². The highest BCUT2D eigenvalue weighted by molar-refractivity contribution is 8.03. The van der Waals surface area contributed by atoms with Crippen LogP contribution in [0.5, 0.6) is 0 Å². The van der Waals surface area contributed by atoms with Gasteiger partial charge in [-0.05, 0) is 30.7 Å².